The predicted molar refractivity (Wildman–Crippen MR) is 96.2 cm³/mol. The molecular weight excluding hydrogens is 302 g/mol. The molecule has 0 aliphatic carbocycles. The van der Waals surface area contributed by atoms with Crippen molar-refractivity contribution in [3.05, 3.63) is 65.7 Å². The van der Waals surface area contributed by atoms with Gasteiger partial charge in [-0.15, -0.1) is 0 Å². The van der Waals surface area contributed by atoms with E-state index in [0.717, 1.165) is 16.7 Å². The average Bonchev–Trinajstić information content (AvgIpc) is 2.61. The number of ether oxygens (including phenoxy) is 2. The van der Waals surface area contributed by atoms with E-state index in [9.17, 15) is 4.79 Å². The Morgan fingerprint density at radius 2 is 1.79 bits per heavy atom. The van der Waals surface area contributed by atoms with Crippen LogP contribution in [0.2, 0.25) is 0 Å². The Balaban J connectivity index is 2.14. The molecule has 4 heteroatoms. The molecule has 1 N–H and O–H groups in total. The molecule has 2 aromatic carbocycles. The average molecular weight is 325 g/mol. The van der Waals surface area contributed by atoms with E-state index in [1.54, 1.807) is 26.4 Å². The third kappa shape index (κ3) is 4.38. The Morgan fingerprint density at radius 3 is 2.42 bits per heavy atom. The molecule has 1 atom stereocenters. The summed E-state index contributed by atoms with van der Waals surface area (Å²) < 4.78 is 10.6. The summed E-state index contributed by atoms with van der Waals surface area (Å²) in [5.74, 6) is 1.25. The quantitative estimate of drug-likeness (QED) is 0.817. The van der Waals surface area contributed by atoms with Crippen LogP contribution in [0.15, 0.2) is 54.6 Å². The van der Waals surface area contributed by atoms with Gasteiger partial charge < -0.3 is 14.8 Å². The van der Waals surface area contributed by atoms with Crippen LogP contribution in [0.1, 0.15) is 31.0 Å². The number of carbonyl (C=O) groups excluding carboxylic acids is 1. The number of amides is 1. The minimum atomic E-state index is -0.137. The second-order valence-electron chi connectivity index (χ2n) is 5.53. The first kappa shape index (κ1) is 17.6. The van der Waals surface area contributed by atoms with E-state index in [4.69, 9.17) is 9.47 Å². The monoisotopic (exact) mass is 325 g/mol. The molecule has 0 aliphatic heterocycles. The largest absolute Gasteiger partial charge is 0.497 e. The van der Waals surface area contributed by atoms with Crippen molar-refractivity contribution in [3.8, 4) is 11.5 Å². The molecule has 2 rings (SSSR count). The zero-order valence-electron chi connectivity index (χ0n) is 14.5. The first-order valence-corrected chi connectivity index (χ1v) is 7.81. The number of hydrogen-bond donors (Lipinski definition) is 1. The van der Waals surface area contributed by atoms with Crippen LogP contribution < -0.4 is 14.8 Å². The van der Waals surface area contributed by atoms with Crippen molar-refractivity contribution in [3.63, 3.8) is 0 Å². The summed E-state index contributed by atoms with van der Waals surface area (Å²) in [6, 6.07) is 15.3. The summed E-state index contributed by atoms with van der Waals surface area (Å²) in [7, 11) is 3.21. The molecule has 2 aromatic rings. The lowest BCUT2D eigenvalue weighted by Gasteiger charge is -2.14. The first-order chi connectivity index (χ1) is 11.5. The molecule has 4 nitrogen and oxygen atoms in total. The number of allylic oxidation sites excluding steroid dienone is 1. The van der Waals surface area contributed by atoms with Crippen molar-refractivity contribution in [1.29, 1.82) is 0 Å². The standard InChI is InChI=1S/C20H23NO3/c1-14(18-11-10-17(23-3)13-19(18)24-4)12-20(22)21-15(2)16-8-6-5-7-9-16/h5-13,15H,1-4H3,(H,21,22)/b14-12+. The lowest BCUT2D eigenvalue weighted by atomic mass is 10.0. The summed E-state index contributed by atoms with van der Waals surface area (Å²) in [6.07, 6.45) is 1.59. The second kappa shape index (κ2) is 8.20. The zero-order valence-corrected chi connectivity index (χ0v) is 14.5. The molecule has 1 unspecified atom stereocenters. The zero-order chi connectivity index (χ0) is 17.5. The molecular formula is C20H23NO3. The van der Waals surface area contributed by atoms with Gasteiger partial charge in [0.15, 0.2) is 0 Å². The summed E-state index contributed by atoms with van der Waals surface area (Å²) in [4.78, 5) is 12.3. The number of hydrogen-bond acceptors (Lipinski definition) is 3. The number of methoxy groups -OCH3 is 2. The van der Waals surface area contributed by atoms with Gasteiger partial charge >= 0.3 is 0 Å². The fraction of sp³-hybridized carbons (Fsp3) is 0.250. The van der Waals surface area contributed by atoms with Gasteiger partial charge in [-0.05, 0) is 37.1 Å². The molecule has 0 heterocycles. The maximum absolute atomic E-state index is 12.3. The molecule has 0 saturated heterocycles. The van der Waals surface area contributed by atoms with E-state index in [1.807, 2.05) is 56.3 Å². The van der Waals surface area contributed by atoms with Gasteiger partial charge in [-0.2, -0.15) is 0 Å². The highest BCUT2D eigenvalue weighted by Crippen LogP contribution is 2.29. The molecule has 126 valence electrons. The topological polar surface area (TPSA) is 47.6 Å². The fourth-order valence-corrected chi connectivity index (χ4v) is 2.48. The lowest BCUT2D eigenvalue weighted by molar-refractivity contribution is -0.117. The molecule has 0 saturated carbocycles. The van der Waals surface area contributed by atoms with Crippen LogP contribution in [0.4, 0.5) is 0 Å². The minimum absolute atomic E-state index is 0.0551. The van der Waals surface area contributed by atoms with Crippen LogP contribution in [0.25, 0.3) is 5.57 Å². The highest BCUT2D eigenvalue weighted by molar-refractivity contribution is 5.95. The molecule has 0 bridgehead atoms. The molecule has 0 aromatic heterocycles. The summed E-state index contributed by atoms with van der Waals surface area (Å²) in [5.41, 5.74) is 2.76. The summed E-state index contributed by atoms with van der Waals surface area (Å²) >= 11 is 0. The van der Waals surface area contributed by atoms with Crippen LogP contribution in [0.5, 0.6) is 11.5 Å². The van der Waals surface area contributed by atoms with Gasteiger partial charge in [0.25, 0.3) is 0 Å². The van der Waals surface area contributed by atoms with Crippen molar-refractivity contribution in [2.75, 3.05) is 14.2 Å². The Hall–Kier alpha value is -2.75. The number of nitrogens with one attached hydrogen (secondary N) is 1. The van der Waals surface area contributed by atoms with Gasteiger partial charge in [0, 0.05) is 17.7 Å². The third-order valence-electron chi connectivity index (χ3n) is 3.84. The molecule has 24 heavy (non-hydrogen) atoms. The van der Waals surface area contributed by atoms with Crippen LogP contribution in [-0.4, -0.2) is 20.1 Å². The Kier molecular flexibility index (Phi) is 6.01. The normalized spacial score (nSPS) is 12.4. The van der Waals surface area contributed by atoms with Gasteiger partial charge in [0.2, 0.25) is 5.91 Å². The van der Waals surface area contributed by atoms with Crippen molar-refractivity contribution in [2.24, 2.45) is 0 Å². The highest BCUT2D eigenvalue weighted by Gasteiger charge is 2.11. The maximum atomic E-state index is 12.3. The van der Waals surface area contributed by atoms with Crippen LogP contribution in [0.3, 0.4) is 0 Å². The Bertz CT molecular complexity index is 723. The Morgan fingerprint density at radius 1 is 1.08 bits per heavy atom. The Labute approximate surface area is 143 Å². The van der Waals surface area contributed by atoms with E-state index in [2.05, 4.69) is 5.32 Å². The maximum Gasteiger partial charge on any atom is 0.244 e. The third-order valence-corrected chi connectivity index (χ3v) is 3.84. The van der Waals surface area contributed by atoms with E-state index >= 15 is 0 Å². The molecule has 0 radical (unpaired) electrons. The summed E-state index contributed by atoms with van der Waals surface area (Å²) in [5, 5.41) is 2.98. The van der Waals surface area contributed by atoms with Crippen molar-refractivity contribution in [1.82, 2.24) is 5.32 Å². The SMILES string of the molecule is COc1ccc(/C(C)=C/C(=O)NC(C)c2ccccc2)c(OC)c1. The van der Waals surface area contributed by atoms with E-state index < -0.39 is 0 Å². The molecule has 1 amide bonds. The van der Waals surface area contributed by atoms with Crippen molar-refractivity contribution in [2.45, 2.75) is 19.9 Å². The van der Waals surface area contributed by atoms with Gasteiger partial charge in [-0.25, -0.2) is 0 Å². The minimum Gasteiger partial charge on any atom is -0.497 e. The second-order valence-corrected chi connectivity index (χ2v) is 5.53. The van der Waals surface area contributed by atoms with Crippen molar-refractivity contribution >= 4 is 11.5 Å². The van der Waals surface area contributed by atoms with Gasteiger partial charge in [0.1, 0.15) is 11.5 Å². The van der Waals surface area contributed by atoms with Gasteiger partial charge in [0.05, 0.1) is 20.3 Å². The van der Waals surface area contributed by atoms with Gasteiger partial charge in [-0.1, -0.05) is 30.3 Å². The number of benzene rings is 2. The van der Waals surface area contributed by atoms with Crippen molar-refractivity contribution < 1.29 is 14.3 Å². The van der Waals surface area contributed by atoms with E-state index in [1.165, 1.54) is 0 Å². The smallest absolute Gasteiger partial charge is 0.244 e. The van der Waals surface area contributed by atoms with E-state index in [-0.39, 0.29) is 11.9 Å². The van der Waals surface area contributed by atoms with Crippen LogP contribution in [0, 0.1) is 0 Å². The van der Waals surface area contributed by atoms with Crippen LogP contribution >= 0.6 is 0 Å². The molecule has 0 spiro atoms. The van der Waals surface area contributed by atoms with Crippen LogP contribution in [-0.2, 0) is 4.79 Å². The van der Waals surface area contributed by atoms with E-state index in [0.29, 0.717) is 11.5 Å². The molecule has 0 aliphatic rings. The first-order valence-electron chi connectivity index (χ1n) is 7.81. The number of rotatable bonds is 6. The number of carbonyl (C=O) groups is 1. The predicted octanol–water partition coefficient (Wildman–Crippen LogP) is 3.98. The summed E-state index contributed by atoms with van der Waals surface area (Å²) in [6.45, 7) is 3.85. The molecule has 0 fully saturated rings. The fourth-order valence-electron chi connectivity index (χ4n) is 2.48. The highest BCUT2D eigenvalue weighted by atomic mass is 16.5. The van der Waals surface area contributed by atoms with Gasteiger partial charge in [-0.3, -0.25) is 4.79 Å². The lowest BCUT2D eigenvalue weighted by Crippen LogP contribution is -2.24.